The van der Waals surface area contributed by atoms with Gasteiger partial charge in [0.2, 0.25) is 0 Å². The fraction of sp³-hybridized carbons (Fsp3) is 0.333. The second-order valence-electron chi connectivity index (χ2n) is 4.43. The van der Waals surface area contributed by atoms with E-state index in [0.29, 0.717) is 25.5 Å². The maximum absolute atomic E-state index is 11.8. The van der Waals surface area contributed by atoms with E-state index in [-0.39, 0.29) is 5.91 Å². The molecule has 0 unspecified atom stereocenters. The van der Waals surface area contributed by atoms with Gasteiger partial charge in [0.25, 0.3) is 5.91 Å². The van der Waals surface area contributed by atoms with Crippen molar-refractivity contribution in [2.45, 2.75) is 13.5 Å². The number of nitrogens with one attached hydrogen (secondary N) is 1. The summed E-state index contributed by atoms with van der Waals surface area (Å²) >= 11 is 1.41. The molecular weight excluding hydrogens is 288 g/mol. The largest absolute Gasteiger partial charge is 0.486 e. The third-order valence-corrected chi connectivity index (χ3v) is 3.64. The Hall–Kier alpha value is -1.92. The summed E-state index contributed by atoms with van der Waals surface area (Å²) in [5.41, 5.74) is 1.49. The molecule has 0 spiro atoms. The number of ether oxygens (including phenoxy) is 2. The SMILES string of the molecule is COCCNC(=O)c1csc(COc2ccccc2C)n1. The number of hydrogen-bond acceptors (Lipinski definition) is 5. The number of benzene rings is 1. The number of rotatable bonds is 7. The Balaban J connectivity index is 1.88. The van der Waals surface area contributed by atoms with Crippen molar-refractivity contribution in [1.29, 1.82) is 0 Å². The Labute approximate surface area is 127 Å². The van der Waals surface area contributed by atoms with Crippen molar-refractivity contribution in [1.82, 2.24) is 10.3 Å². The first-order valence-electron chi connectivity index (χ1n) is 6.60. The molecule has 0 atom stereocenters. The lowest BCUT2D eigenvalue weighted by molar-refractivity contribution is 0.0932. The summed E-state index contributed by atoms with van der Waals surface area (Å²) < 4.78 is 10.6. The lowest BCUT2D eigenvalue weighted by atomic mass is 10.2. The van der Waals surface area contributed by atoms with Gasteiger partial charge >= 0.3 is 0 Å². The van der Waals surface area contributed by atoms with Crippen LogP contribution in [0.1, 0.15) is 21.1 Å². The molecule has 1 amide bonds. The first kappa shape index (κ1) is 15.5. The van der Waals surface area contributed by atoms with Crippen LogP contribution in [0.4, 0.5) is 0 Å². The number of aromatic nitrogens is 1. The summed E-state index contributed by atoms with van der Waals surface area (Å²) in [6.07, 6.45) is 0. The van der Waals surface area contributed by atoms with Crippen LogP contribution in [0.5, 0.6) is 5.75 Å². The van der Waals surface area contributed by atoms with E-state index in [4.69, 9.17) is 9.47 Å². The predicted molar refractivity (Wildman–Crippen MR) is 81.8 cm³/mol. The minimum atomic E-state index is -0.189. The maximum Gasteiger partial charge on any atom is 0.270 e. The van der Waals surface area contributed by atoms with Crippen LogP contribution in [-0.2, 0) is 11.3 Å². The number of para-hydroxylation sites is 1. The first-order chi connectivity index (χ1) is 10.2. The van der Waals surface area contributed by atoms with E-state index in [1.165, 1.54) is 11.3 Å². The van der Waals surface area contributed by atoms with E-state index in [2.05, 4.69) is 10.3 Å². The van der Waals surface area contributed by atoms with Gasteiger partial charge in [-0.05, 0) is 18.6 Å². The monoisotopic (exact) mass is 306 g/mol. The maximum atomic E-state index is 11.8. The zero-order valence-corrected chi connectivity index (χ0v) is 12.9. The van der Waals surface area contributed by atoms with Gasteiger partial charge in [-0.25, -0.2) is 4.98 Å². The van der Waals surface area contributed by atoms with Crippen LogP contribution < -0.4 is 10.1 Å². The quantitative estimate of drug-likeness (QED) is 0.798. The minimum Gasteiger partial charge on any atom is -0.486 e. The number of hydrogen-bond donors (Lipinski definition) is 1. The van der Waals surface area contributed by atoms with E-state index in [1.807, 2.05) is 31.2 Å². The fourth-order valence-corrected chi connectivity index (χ4v) is 2.38. The normalized spacial score (nSPS) is 10.4. The molecule has 0 aliphatic rings. The van der Waals surface area contributed by atoms with Crippen molar-refractivity contribution >= 4 is 17.2 Å². The fourth-order valence-electron chi connectivity index (χ4n) is 1.70. The molecule has 2 aromatic rings. The number of aryl methyl sites for hydroxylation is 1. The second-order valence-corrected chi connectivity index (χ2v) is 5.37. The van der Waals surface area contributed by atoms with Gasteiger partial charge in [-0.2, -0.15) is 0 Å². The van der Waals surface area contributed by atoms with Gasteiger partial charge in [0.15, 0.2) is 0 Å². The Morgan fingerprint density at radius 1 is 1.38 bits per heavy atom. The molecule has 5 nitrogen and oxygen atoms in total. The number of nitrogens with zero attached hydrogens (tertiary/aromatic N) is 1. The Morgan fingerprint density at radius 2 is 2.19 bits per heavy atom. The molecule has 0 aliphatic carbocycles. The van der Waals surface area contributed by atoms with Crippen LogP contribution in [0.3, 0.4) is 0 Å². The van der Waals surface area contributed by atoms with Crippen LogP contribution in [0, 0.1) is 6.92 Å². The summed E-state index contributed by atoms with van der Waals surface area (Å²) in [6, 6.07) is 7.81. The van der Waals surface area contributed by atoms with Crippen molar-refractivity contribution in [3.63, 3.8) is 0 Å². The lowest BCUT2D eigenvalue weighted by Crippen LogP contribution is -2.27. The number of carbonyl (C=O) groups excluding carboxylic acids is 1. The molecule has 0 saturated heterocycles. The van der Waals surface area contributed by atoms with Crippen molar-refractivity contribution in [3.8, 4) is 5.75 Å². The molecule has 1 heterocycles. The lowest BCUT2D eigenvalue weighted by Gasteiger charge is -2.06. The number of amides is 1. The van der Waals surface area contributed by atoms with E-state index in [1.54, 1.807) is 12.5 Å². The van der Waals surface area contributed by atoms with Gasteiger partial charge in [0.1, 0.15) is 23.1 Å². The van der Waals surface area contributed by atoms with Gasteiger partial charge in [-0.1, -0.05) is 18.2 Å². The smallest absolute Gasteiger partial charge is 0.270 e. The van der Waals surface area contributed by atoms with Gasteiger partial charge in [-0.3, -0.25) is 4.79 Å². The molecule has 0 radical (unpaired) electrons. The third kappa shape index (κ3) is 4.54. The van der Waals surface area contributed by atoms with Gasteiger partial charge in [0.05, 0.1) is 6.61 Å². The number of methoxy groups -OCH3 is 1. The van der Waals surface area contributed by atoms with E-state index in [9.17, 15) is 4.79 Å². The highest BCUT2D eigenvalue weighted by atomic mass is 32.1. The Bertz CT molecular complexity index is 598. The zero-order chi connectivity index (χ0) is 15.1. The first-order valence-corrected chi connectivity index (χ1v) is 7.48. The Morgan fingerprint density at radius 3 is 2.95 bits per heavy atom. The van der Waals surface area contributed by atoms with E-state index >= 15 is 0 Å². The highest BCUT2D eigenvalue weighted by molar-refractivity contribution is 7.09. The zero-order valence-electron chi connectivity index (χ0n) is 12.1. The Kier molecular flexibility index (Phi) is 5.71. The molecule has 6 heteroatoms. The molecule has 0 bridgehead atoms. The minimum absolute atomic E-state index is 0.189. The molecule has 2 rings (SSSR count). The standard InChI is InChI=1S/C15H18N2O3S/c1-11-5-3-4-6-13(11)20-9-14-17-12(10-21-14)15(18)16-7-8-19-2/h3-6,10H,7-9H2,1-2H3,(H,16,18). The molecule has 1 aromatic carbocycles. The molecule has 0 aliphatic heterocycles. The second kappa shape index (κ2) is 7.75. The van der Waals surface area contributed by atoms with Gasteiger partial charge in [0, 0.05) is 19.0 Å². The van der Waals surface area contributed by atoms with Gasteiger partial charge in [-0.15, -0.1) is 11.3 Å². The summed E-state index contributed by atoms with van der Waals surface area (Å²) in [7, 11) is 1.59. The highest BCUT2D eigenvalue weighted by Gasteiger charge is 2.10. The van der Waals surface area contributed by atoms with Crippen molar-refractivity contribution in [2.24, 2.45) is 0 Å². The van der Waals surface area contributed by atoms with Crippen LogP contribution in [0.15, 0.2) is 29.6 Å². The summed E-state index contributed by atoms with van der Waals surface area (Å²) in [4.78, 5) is 16.1. The van der Waals surface area contributed by atoms with E-state index in [0.717, 1.165) is 16.3 Å². The average Bonchev–Trinajstić information content (AvgIpc) is 2.95. The molecule has 112 valence electrons. The molecule has 21 heavy (non-hydrogen) atoms. The van der Waals surface area contributed by atoms with Crippen LogP contribution in [-0.4, -0.2) is 31.2 Å². The molecule has 0 fully saturated rings. The highest BCUT2D eigenvalue weighted by Crippen LogP contribution is 2.19. The summed E-state index contributed by atoms with van der Waals surface area (Å²) in [5, 5.41) is 5.24. The number of carbonyl (C=O) groups is 1. The predicted octanol–water partition coefficient (Wildman–Crippen LogP) is 2.41. The van der Waals surface area contributed by atoms with Crippen LogP contribution >= 0.6 is 11.3 Å². The number of thiazole rings is 1. The van der Waals surface area contributed by atoms with Crippen molar-refractivity contribution in [2.75, 3.05) is 20.3 Å². The van der Waals surface area contributed by atoms with Crippen LogP contribution in [0.2, 0.25) is 0 Å². The molecular formula is C15H18N2O3S. The van der Waals surface area contributed by atoms with Crippen molar-refractivity contribution < 1.29 is 14.3 Å². The molecule has 1 aromatic heterocycles. The third-order valence-electron chi connectivity index (χ3n) is 2.82. The van der Waals surface area contributed by atoms with Gasteiger partial charge < -0.3 is 14.8 Å². The topological polar surface area (TPSA) is 60.5 Å². The molecule has 1 N–H and O–H groups in total. The molecule has 0 saturated carbocycles. The summed E-state index contributed by atoms with van der Waals surface area (Å²) in [5.74, 6) is 0.643. The van der Waals surface area contributed by atoms with E-state index < -0.39 is 0 Å². The van der Waals surface area contributed by atoms with Crippen molar-refractivity contribution in [3.05, 3.63) is 45.9 Å². The van der Waals surface area contributed by atoms with Crippen LogP contribution in [0.25, 0.3) is 0 Å². The average molecular weight is 306 g/mol. The summed E-state index contributed by atoms with van der Waals surface area (Å²) in [6.45, 7) is 3.31.